The normalized spacial score (nSPS) is 17.0. The van der Waals surface area contributed by atoms with Crippen molar-refractivity contribution in [3.8, 4) is 22.9 Å². The number of ether oxygens (including phenoxy) is 1. The van der Waals surface area contributed by atoms with Crippen molar-refractivity contribution in [2.75, 3.05) is 13.2 Å². The fraction of sp³-hybridized carbons (Fsp3) is 0.316. The van der Waals surface area contributed by atoms with Crippen LogP contribution in [-0.2, 0) is 11.3 Å². The van der Waals surface area contributed by atoms with Crippen LogP contribution in [0, 0.1) is 12.8 Å². The van der Waals surface area contributed by atoms with E-state index in [1.807, 2.05) is 21.3 Å². The molecule has 0 saturated carbocycles. The highest BCUT2D eigenvalue weighted by Gasteiger charge is 2.22. The maximum Gasteiger partial charge on any atom is 0.184 e. The minimum Gasteiger partial charge on any atom is -0.381 e. The summed E-state index contributed by atoms with van der Waals surface area (Å²) in [6.45, 7) is 4.38. The quantitative estimate of drug-likeness (QED) is 0.555. The van der Waals surface area contributed by atoms with E-state index < -0.39 is 0 Å². The van der Waals surface area contributed by atoms with Crippen LogP contribution in [-0.4, -0.2) is 47.3 Å². The van der Waals surface area contributed by atoms with Crippen molar-refractivity contribution < 1.29 is 4.74 Å². The lowest BCUT2D eigenvalue weighted by molar-refractivity contribution is 0.181. The Morgan fingerprint density at radius 3 is 2.85 bits per heavy atom. The van der Waals surface area contributed by atoms with Crippen LogP contribution < -0.4 is 0 Å². The molecule has 0 bridgehead atoms. The van der Waals surface area contributed by atoms with Gasteiger partial charge in [0.15, 0.2) is 11.6 Å². The summed E-state index contributed by atoms with van der Waals surface area (Å²) in [5.74, 6) is 1.80. The predicted octanol–water partition coefficient (Wildman–Crippen LogP) is 2.39. The maximum atomic E-state index is 5.53. The molecule has 8 heteroatoms. The zero-order valence-electron chi connectivity index (χ0n) is 15.0. The first-order valence-electron chi connectivity index (χ1n) is 9.00. The van der Waals surface area contributed by atoms with E-state index >= 15 is 0 Å². The van der Waals surface area contributed by atoms with E-state index in [0.29, 0.717) is 11.7 Å². The summed E-state index contributed by atoms with van der Waals surface area (Å²) in [5, 5.41) is 4.73. The molecule has 0 N–H and O–H groups in total. The van der Waals surface area contributed by atoms with Gasteiger partial charge in [0.2, 0.25) is 0 Å². The number of rotatable bonds is 4. The van der Waals surface area contributed by atoms with E-state index in [-0.39, 0.29) is 0 Å². The molecule has 5 rings (SSSR count). The molecule has 0 spiro atoms. The summed E-state index contributed by atoms with van der Waals surface area (Å²) in [5.41, 5.74) is 3.66. The Hall–Kier alpha value is -3.13. The number of hydrogen-bond donors (Lipinski definition) is 0. The number of pyridine rings is 1. The van der Waals surface area contributed by atoms with E-state index in [4.69, 9.17) is 19.8 Å². The van der Waals surface area contributed by atoms with Gasteiger partial charge < -0.3 is 9.14 Å². The first-order chi connectivity index (χ1) is 13.3. The second-order valence-corrected chi connectivity index (χ2v) is 6.90. The molecule has 0 aliphatic carbocycles. The molecule has 1 aliphatic heterocycles. The zero-order chi connectivity index (χ0) is 18.2. The topological polar surface area (TPSA) is 83.0 Å². The molecular weight excluding hydrogens is 342 g/mol. The van der Waals surface area contributed by atoms with Gasteiger partial charge in [-0.05, 0) is 25.0 Å². The number of fused-ring (bicyclic) bond motifs is 1. The number of aryl methyl sites for hydroxylation is 1. The Morgan fingerprint density at radius 1 is 1.15 bits per heavy atom. The molecule has 0 aromatic carbocycles. The van der Waals surface area contributed by atoms with E-state index in [1.165, 1.54) is 11.9 Å². The molecule has 136 valence electrons. The third kappa shape index (κ3) is 3.08. The van der Waals surface area contributed by atoms with E-state index in [0.717, 1.165) is 48.9 Å². The Kier molecular flexibility index (Phi) is 3.90. The smallest absolute Gasteiger partial charge is 0.184 e. The summed E-state index contributed by atoms with van der Waals surface area (Å²) in [6, 6.07) is 4.07. The fourth-order valence-corrected chi connectivity index (χ4v) is 3.38. The molecule has 1 aliphatic rings. The summed E-state index contributed by atoms with van der Waals surface area (Å²) in [6.07, 6.45) is 10.0. The van der Waals surface area contributed by atoms with Crippen molar-refractivity contribution in [2.45, 2.75) is 19.9 Å². The molecule has 1 atom stereocenters. The maximum absolute atomic E-state index is 5.53. The van der Waals surface area contributed by atoms with Gasteiger partial charge in [-0.2, -0.15) is 5.10 Å². The van der Waals surface area contributed by atoms with Gasteiger partial charge in [0.25, 0.3) is 0 Å². The number of aromatic nitrogens is 7. The van der Waals surface area contributed by atoms with Crippen LogP contribution in [0.2, 0.25) is 0 Å². The summed E-state index contributed by atoms with van der Waals surface area (Å²) in [4.78, 5) is 17.7. The molecule has 5 heterocycles. The van der Waals surface area contributed by atoms with Crippen LogP contribution >= 0.6 is 0 Å². The minimum atomic E-state index is 0.435. The lowest BCUT2D eigenvalue weighted by Gasteiger charge is -2.08. The lowest BCUT2D eigenvalue weighted by Crippen LogP contribution is -2.13. The zero-order valence-corrected chi connectivity index (χ0v) is 15.0. The van der Waals surface area contributed by atoms with Gasteiger partial charge >= 0.3 is 0 Å². The summed E-state index contributed by atoms with van der Waals surface area (Å²) in [7, 11) is 0. The third-order valence-corrected chi connectivity index (χ3v) is 4.77. The molecule has 4 aromatic heterocycles. The lowest BCUT2D eigenvalue weighted by atomic mass is 10.1. The average molecular weight is 361 g/mol. The number of hydrogen-bond acceptors (Lipinski definition) is 6. The van der Waals surface area contributed by atoms with Crippen LogP contribution in [0.25, 0.3) is 28.6 Å². The van der Waals surface area contributed by atoms with Crippen LogP contribution in [0.4, 0.5) is 0 Å². The van der Waals surface area contributed by atoms with Gasteiger partial charge in [-0.1, -0.05) is 6.07 Å². The number of imidazole rings is 1. The monoisotopic (exact) mass is 361 g/mol. The van der Waals surface area contributed by atoms with Crippen molar-refractivity contribution in [2.24, 2.45) is 5.92 Å². The molecule has 1 saturated heterocycles. The van der Waals surface area contributed by atoms with Gasteiger partial charge in [0.1, 0.15) is 17.7 Å². The average Bonchev–Trinajstić information content (AvgIpc) is 3.42. The highest BCUT2D eigenvalue weighted by molar-refractivity contribution is 5.60. The third-order valence-electron chi connectivity index (χ3n) is 4.77. The Labute approximate surface area is 155 Å². The highest BCUT2D eigenvalue weighted by Crippen LogP contribution is 2.24. The number of nitrogens with zero attached hydrogens (tertiary/aromatic N) is 7. The second kappa shape index (κ2) is 6.55. The van der Waals surface area contributed by atoms with Crippen LogP contribution in [0.5, 0.6) is 0 Å². The van der Waals surface area contributed by atoms with Crippen molar-refractivity contribution >= 4 is 5.65 Å². The second-order valence-electron chi connectivity index (χ2n) is 6.90. The fourth-order valence-electron chi connectivity index (χ4n) is 3.38. The molecule has 1 fully saturated rings. The minimum absolute atomic E-state index is 0.435. The van der Waals surface area contributed by atoms with Crippen molar-refractivity contribution in [3.63, 3.8) is 0 Å². The van der Waals surface area contributed by atoms with E-state index in [9.17, 15) is 0 Å². The van der Waals surface area contributed by atoms with Crippen molar-refractivity contribution in [3.05, 3.63) is 48.8 Å². The Morgan fingerprint density at radius 2 is 2.04 bits per heavy atom. The van der Waals surface area contributed by atoms with Gasteiger partial charge in [-0.15, -0.1) is 0 Å². The molecular formula is C19H19N7O. The van der Waals surface area contributed by atoms with Gasteiger partial charge in [0.05, 0.1) is 12.2 Å². The molecule has 0 amide bonds. The summed E-state index contributed by atoms with van der Waals surface area (Å²) >= 11 is 0. The first kappa shape index (κ1) is 16.1. The van der Waals surface area contributed by atoms with E-state index in [1.54, 1.807) is 12.4 Å². The van der Waals surface area contributed by atoms with Gasteiger partial charge in [-0.3, -0.25) is 0 Å². The van der Waals surface area contributed by atoms with Gasteiger partial charge in [-0.25, -0.2) is 24.6 Å². The first-order valence-corrected chi connectivity index (χ1v) is 9.00. The standard InChI is InChI=1S/C19H19N7O/c1-13-2-3-17-22-16(10-25(17)8-13)19-23-18(15-6-20-12-21-7-15)24-26(19)9-14-4-5-27-11-14/h2-3,6-8,10,12,14H,4-5,9,11H2,1H3. The SMILES string of the molecule is Cc1ccc2nc(-c3nc(-c4cncnc4)nn3CC3CCOC3)cn2c1. The molecule has 27 heavy (non-hydrogen) atoms. The van der Waals surface area contributed by atoms with Crippen molar-refractivity contribution in [1.82, 2.24) is 34.1 Å². The highest BCUT2D eigenvalue weighted by atomic mass is 16.5. The van der Waals surface area contributed by atoms with Crippen LogP contribution in [0.3, 0.4) is 0 Å². The van der Waals surface area contributed by atoms with E-state index in [2.05, 4.69) is 29.2 Å². The van der Waals surface area contributed by atoms with Gasteiger partial charge in [0, 0.05) is 43.9 Å². The molecule has 8 nitrogen and oxygen atoms in total. The van der Waals surface area contributed by atoms with Crippen molar-refractivity contribution in [1.29, 1.82) is 0 Å². The molecule has 4 aromatic rings. The van der Waals surface area contributed by atoms with Crippen LogP contribution in [0.1, 0.15) is 12.0 Å². The predicted molar refractivity (Wildman–Crippen MR) is 98.9 cm³/mol. The Balaban J connectivity index is 1.60. The molecule has 1 unspecified atom stereocenters. The molecule has 0 radical (unpaired) electrons. The van der Waals surface area contributed by atoms with Crippen LogP contribution in [0.15, 0.2) is 43.2 Å². The summed E-state index contributed by atoms with van der Waals surface area (Å²) < 4.78 is 9.49. The largest absolute Gasteiger partial charge is 0.381 e. The Bertz CT molecular complexity index is 1080.